The second-order valence-electron chi connectivity index (χ2n) is 5.77. The third-order valence-corrected chi connectivity index (χ3v) is 4.85. The molecule has 5 nitrogen and oxygen atoms in total. The van der Waals surface area contributed by atoms with Gasteiger partial charge >= 0.3 is 0 Å². The zero-order valence-corrected chi connectivity index (χ0v) is 14.7. The topological polar surface area (TPSA) is 61.4 Å². The van der Waals surface area contributed by atoms with Gasteiger partial charge in [0.15, 0.2) is 0 Å². The number of thiophene rings is 1. The number of hydrogen-bond acceptors (Lipinski definition) is 4. The van der Waals surface area contributed by atoms with Crippen molar-refractivity contribution in [2.75, 3.05) is 31.1 Å². The monoisotopic (exact) mass is 355 g/mol. The van der Waals surface area contributed by atoms with Crippen molar-refractivity contribution >= 4 is 28.8 Å². The number of carbonyl (C=O) groups excluding carboxylic acids is 2. The number of hydrogen-bond donors (Lipinski definition) is 2. The lowest BCUT2D eigenvalue weighted by Gasteiger charge is -2.17. The number of nitrogens with zero attached hydrogens (tertiary/aromatic N) is 1. The van der Waals surface area contributed by atoms with Gasteiger partial charge in [0.2, 0.25) is 0 Å². The molecule has 0 saturated carbocycles. The third-order valence-electron chi connectivity index (χ3n) is 3.98. The summed E-state index contributed by atoms with van der Waals surface area (Å²) < 4.78 is 0. The van der Waals surface area contributed by atoms with E-state index in [4.69, 9.17) is 0 Å². The van der Waals surface area contributed by atoms with E-state index in [1.54, 1.807) is 6.07 Å². The first kappa shape index (κ1) is 17.2. The molecule has 2 amide bonds. The molecule has 0 bridgehead atoms. The number of anilines is 1. The van der Waals surface area contributed by atoms with Gasteiger partial charge in [-0.1, -0.05) is 18.2 Å². The molecule has 0 saturated heterocycles. The minimum Gasteiger partial charge on any atom is -0.364 e. The van der Waals surface area contributed by atoms with Gasteiger partial charge in [-0.15, -0.1) is 11.3 Å². The van der Waals surface area contributed by atoms with Gasteiger partial charge in [-0.3, -0.25) is 9.59 Å². The SMILES string of the molecule is O=C(NCCCNC(=O)c1cccs1)c1ccc(N2CC=CC2)cc1. The molecule has 2 N–H and O–H groups in total. The highest BCUT2D eigenvalue weighted by molar-refractivity contribution is 7.12. The first-order chi connectivity index (χ1) is 12.2. The summed E-state index contributed by atoms with van der Waals surface area (Å²) in [7, 11) is 0. The lowest BCUT2D eigenvalue weighted by Crippen LogP contribution is -2.29. The molecule has 130 valence electrons. The number of nitrogens with one attached hydrogen (secondary N) is 2. The largest absolute Gasteiger partial charge is 0.364 e. The van der Waals surface area contributed by atoms with Crippen molar-refractivity contribution in [1.82, 2.24) is 10.6 Å². The van der Waals surface area contributed by atoms with Crippen LogP contribution < -0.4 is 15.5 Å². The van der Waals surface area contributed by atoms with Crippen LogP contribution in [0.5, 0.6) is 0 Å². The maximum absolute atomic E-state index is 12.1. The third kappa shape index (κ3) is 4.70. The van der Waals surface area contributed by atoms with Crippen LogP contribution >= 0.6 is 11.3 Å². The Bertz CT molecular complexity index is 731. The van der Waals surface area contributed by atoms with E-state index in [1.165, 1.54) is 11.3 Å². The smallest absolute Gasteiger partial charge is 0.261 e. The number of carbonyl (C=O) groups is 2. The second kappa shape index (κ2) is 8.48. The minimum absolute atomic E-state index is 0.0617. The molecule has 1 aromatic carbocycles. The van der Waals surface area contributed by atoms with Crippen LogP contribution in [0.1, 0.15) is 26.5 Å². The van der Waals surface area contributed by atoms with Gasteiger partial charge in [-0.05, 0) is 42.1 Å². The van der Waals surface area contributed by atoms with E-state index in [-0.39, 0.29) is 11.8 Å². The van der Waals surface area contributed by atoms with Gasteiger partial charge in [0.25, 0.3) is 11.8 Å². The Morgan fingerprint density at radius 3 is 2.28 bits per heavy atom. The normalized spacial score (nSPS) is 13.0. The molecule has 0 fully saturated rings. The molecule has 2 heterocycles. The summed E-state index contributed by atoms with van der Waals surface area (Å²) in [4.78, 5) is 26.8. The summed E-state index contributed by atoms with van der Waals surface area (Å²) in [5.41, 5.74) is 1.77. The van der Waals surface area contributed by atoms with Crippen molar-refractivity contribution in [2.45, 2.75) is 6.42 Å². The van der Waals surface area contributed by atoms with Crippen LogP contribution in [0.25, 0.3) is 0 Å². The Balaban J connectivity index is 1.37. The van der Waals surface area contributed by atoms with Crippen molar-refractivity contribution in [2.24, 2.45) is 0 Å². The predicted molar refractivity (Wildman–Crippen MR) is 101 cm³/mol. The van der Waals surface area contributed by atoms with Crippen LogP contribution in [0.3, 0.4) is 0 Å². The van der Waals surface area contributed by atoms with Crippen LogP contribution in [0, 0.1) is 0 Å². The summed E-state index contributed by atoms with van der Waals surface area (Å²) >= 11 is 1.42. The van der Waals surface area contributed by atoms with Crippen molar-refractivity contribution < 1.29 is 9.59 Å². The van der Waals surface area contributed by atoms with E-state index in [1.807, 2.05) is 35.7 Å². The van der Waals surface area contributed by atoms with E-state index in [2.05, 4.69) is 27.7 Å². The highest BCUT2D eigenvalue weighted by Gasteiger charge is 2.10. The van der Waals surface area contributed by atoms with Crippen LogP contribution in [0.2, 0.25) is 0 Å². The minimum atomic E-state index is -0.0873. The highest BCUT2D eigenvalue weighted by Crippen LogP contribution is 2.17. The summed E-state index contributed by atoms with van der Waals surface area (Å²) in [6.45, 7) is 2.91. The lowest BCUT2D eigenvalue weighted by molar-refractivity contribution is 0.0953. The Kier molecular flexibility index (Phi) is 5.85. The number of amides is 2. The summed E-state index contributed by atoms with van der Waals surface area (Å²) in [5.74, 6) is -0.149. The highest BCUT2D eigenvalue weighted by atomic mass is 32.1. The Labute approximate surface area is 151 Å². The molecule has 25 heavy (non-hydrogen) atoms. The van der Waals surface area contributed by atoms with Gasteiger partial charge in [0, 0.05) is 37.4 Å². The van der Waals surface area contributed by atoms with Crippen LogP contribution in [-0.4, -0.2) is 38.0 Å². The van der Waals surface area contributed by atoms with Crippen LogP contribution in [0.4, 0.5) is 5.69 Å². The molecule has 3 rings (SSSR count). The molecule has 1 aromatic heterocycles. The average Bonchev–Trinajstić information content (AvgIpc) is 3.35. The fourth-order valence-corrected chi connectivity index (χ4v) is 3.24. The molecule has 1 aliphatic heterocycles. The molecule has 0 aliphatic carbocycles. The maximum Gasteiger partial charge on any atom is 0.261 e. The first-order valence-corrected chi connectivity index (χ1v) is 9.22. The Hall–Kier alpha value is -2.60. The molecular weight excluding hydrogens is 334 g/mol. The molecule has 1 aliphatic rings. The Morgan fingerprint density at radius 2 is 1.64 bits per heavy atom. The molecule has 0 atom stereocenters. The lowest BCUT2D eigenvalue weighted by atomic mass is 10.2. The zero-order chi connectivity index (χ0) is 17.5. The van der Waals surface area contributed by atoms with E-state index < -0.39 is 0 Å². The quantitative estimate of drug-likeness (QED) is 0.593. The zero-order valence-electron chi connectivity index (χ0n) is 13.9. The molecule has 6 heteroatoms. The van der Waals surface area contributed by atoms with E-state index in [0.29, 0.717) is 30.0 Å². The van der Waals surface area contributed by atoms with Gasteiger partial charge in [-0.25, -0.2) is 0 Å². The molecule has 0 unspecified atom stereocenters. The molecule has 0 spiro atoms. The van der Waals surface area contributed by atoms with E-state index in [0.717, 1.165) is 18.8 Å². The van der Waals surface area contributed by atoms with Crippen LogP contribution in [-0.2, 0) is 0 Å². The molecular formula is C19H21N3O2S. The van der Waals surface area contributed by atoms with Crippen molar-refractivity contribution in [3.05, 3.63) is 64.4 Å². The summed E-state index contributed by atoms with van der Waals surface area (Å²) in [5, 5.41) is 7.60. The van der Waals surface area contributed by atoms with E-state index >= 15 is 0 Å². The maximum atomic E-state index is 12.1. The Morgan fingerprint density at radius 1 is 0.960 bits per heavy atom. The average molecular weight is 355 g/mol. The fourth-order valence-electron chi connectivity index (χ4n) is 2.60. The first-order valence-electron chi connectivity index (χ1n) is 8.34. The van der Waals surface area contributed by atoms with Gasteiger partial charge in [-0.2, -0.15) is 0 Å². The fraction of sp³-hybridized carbons (Fsp3) is 0.263. The predicted octanol–water partition coefficient (Wildman–Crippen LogP) is 2.67. The van der Waals surface area contributed by atoms with Gasteiger partial charge in [0.1, 0.15) is 0 Å². The van der Waals surface area contributed by atoms with Crippen molar-refractivity contribution in [3.8, 4) is 0 Å². The number of benzene rings is 1. The van der Waals surface area contributed by atoms with Crippen molar-refractivity contribution in [3.63, 3.8) is 0 Å². The van der Waals surface area contributed by atoms with Crippen molar-refractivity contribution in [1.29, 1.82) is 0 Å². The van der Waals surface area contributed by atoms with Gasteiger partial charge in [0.05, 0.1) is 4.88 Å². The van der Waals surface area contributed by atoms with E-state index in [9.17, 15) is 9.59 Å². The summed E-state index contributed by atoms with van der Waals surface area (Å²) in [6.07, 6.45) is 4.97. The molecule has 2 aromatic rings. The van der Waals surface area contributed by atoms with Gasteiger partial charge < -0.3 is 15.5 Å². The van der Waals surface area contributed by atoms with Crippen LogP contribution in [0.15, 0.2) is 53.9 Å². The molecule has 0 radical (unpaired) electrons. The standard InChI is InChI=1S/C19H21N3O2S/c23-18(15-6-8-16(9-7-15)22-12-1-2-13-22)20-10-4-11-21-19(24)17-5-3-14-25-17/h1-3,5-9,14H,4,10-13H2,(H,20,23)(H,21,24). The second-order valence-corrected chi connectivity index (χ2v) is 6.71. The number of rotatable bonds is 7. The summed E-state index contributed by atoms with van der Waals surface area (Å²) in [6, 6.07) is 11.3.